The number of benzene rings is 2. The van der Waals surface area contributed by atoms with Crippen LogP contribution in [0.15, 0.2) is 48.5 Å². The van der Waals surface area contributed by atoms with Crippen LogP contribution in [0.3, 0.4) is 0 Å². The quantitative estimate of drug-likeness (QED) is 0.901. The molecule has 3 heteroatoms. The fourth-order valence-corrected chi connectivity index (χ4v) is 2.60. The van der Waals surface area contributed by atoms with E-state index in [0.717, 1.165) is 12.2 Å². The topological polar surface area (TPSA) is 29.3 Å². The fourth-order valence-electron chi connectivity index (χ4n) is 2.60. The standard InChI is InChI=1S/C17H19FN2/c18-16-7-4-8-17(15(16)11-19)20(14-9-10-14)12-13-5-2-1-3-6-13/h1-8,14H,9-12,19H2. The molecule has 0 aliphatic heterocycles. The van der Waals surface area contributed by atoms with Gasteiger partial charge in [-0.15, -0.1) is 0 Å². The number of anilines is 1. The van der Waals surface area contributed by atoms with Gasteiger partial charge in [0.2, 0.25) is 0 Å². The molecule has 1 fully saturated rings. The van der Waals surface area contributed by atoms with Crippen molar-refractivity contribution in [3.63, 3.8) is 0 Å². The third kappa shape index (κ3) is 2.68. The molecule has 0 spiro atoms. The summed E-state index contributed by atoms with van der Waals surface area (Å²) in [6.07, 6.45) is 2.35. The van der Waals surface area contributed by atoms with Crippen LogP contribution < -0.4 is 10.6 Å². The molecule has 2 N–H and O–H groups in total. The maximum Gasteiger partial charge on any atom is 0.129 e. The largest absolute Gasteiger partial charge is 0.364 e. The van der Waals surface area contributed by atoms with E-state index >= 15 is 0 Å². The summed E-state index contributed by atoms with van der Waals surface area (Å²) in [4.78, 5) is 2.29. The molecule has 0 atom stereocenters. The van der Waals surface area contributed by atoms with Gasteiger partial charge >= 0.3 is 0 Å². The van der Waals surface area contributed by atoms with E-state index in [1.165, 1.54) is 24.5 Å². The highest BCUT2D eigenvalue weighted by Crippen LogP contribution is 2.35. The second-order valence-electron chi connectivity index (χ2n) is 5.29. The normalized spacial score (nSPS) is 14.3. The molecule has 1 aliphatic carbocycles. The molecular weight excluding hydrogens is 251 g/mol. The summed E-state index contributed by atoms with van der Waals surface area (Å²) in [5, 5.41) is 0. The number of nitrogens with two attached hydrogens (primary N) is 1. The van der Waals surface area contributed by atoms with Crippen LogP contribution in [0.4, 0.5) is 10.1 Å². The first kappa shape index (κ1) is 13.1. The zero-order chi connectivity index (χ0) is 13.9. The van der Waals surface area contributed by atoms with E-state index in [1.54, 1.807) is 6.07 Å². The van der Waals surface area contributed by atoms with Gasteiger partial charge in [-0.3, -0.25) is 0 Å². The zero-order valence-electron chi connectivity index (χ0n) is 11.4. The van der Waals surface area contributed by atoms with Gasteiger partial charge in [0.05, 0.1) is 0 Å². The number of halogens is 1. The van der Waals surface area contributed by atoms with Crippen molar-refractivity contribution in [3.05, 3.63) is 65.5 Å². The molecule has 2 aromatic rings. The van der Waals surface area contributed by atoms with Gasteiger partial charge in [0.1, 0.15) is 5.82 Å². The molecule has 0 unspecified atom stereocenters. The summed E-state index contributed by atoms with van der Waals surface area (Å²) < 4.78 is 13.9. The monoisotopic (exact) mass is 270 g/mol. The molecule has 1 saturated carbocycles. The highest BCUT2D eigenvalue weighted by molar-refractivity contribution is 5.56. The Hall–Kier alpha value is -1.87. The Morgan fingerprint density at radius 2 is 1.80 bits per heavy atom. The average molecular weight is 270 g/mol. The molecule has 0 amide bonds. The van der Waals surface area contributed by atoms with Crippen molar-refractivity contribution in [2.75, 3.05) is 4.90 Å². The Labute approximate surface area is 119 Å². The number of rotatable bonds is 5. The van der Waals surface area contributed by atoms with Gasteiger partial charge < -0.3 is 10.6 Å². The van der Waals surface area contributed by atoms with Gasteiger partial charge in [-0.05, 0) is 30.5 Å². The second-order valence-corrected chi connectivity index (χ2v) is 5.29. The number of nitrogens with zero attached hydrogens (tertiary/aromatic N) is 1. The van der Waals surface area contributed by atoms with E-state index in [0.29, 0.717) is 11.6 Å². The van der Waals surface area contributed by atoms with E-state index < -0.39 is 0 Å². The molecule has 104 valence electrons. The predicted octanol–water partition coefficient (Wildman–Crippen LogP) is 3.45. The minimum Gasteiger partial charge on any atom is -0.364 e. The van der Waals surface area contributed by atoms with Crippen molar-refractivity contribution in [3.8, 4) is 0 Å². The van der Waals surface area contributed by atoms with Crippen LogP contribution in [0.1, 0.15) is 24.0 Å². The van der Waals surface area contributed by atoms with Crippen LogP contribution in [-0.2, 0) is 13.1 Å². The Morgan fingerprint density at radius 1 is 1.05 bits per heavy atom. The Kier molecular flexibility index (Phi) is 3.70. The maximum atomic E-state index is 13.9. The Morgan fingerprint density at radius 3 is 2.45 bits per heavy atom. The molecule has 0 saturated heterocycles. The van der Waals surface area contributed by atoms with Gasteiger partial charge in [-0.1, -0.05) is 36.4 Å². The van der Waals surface area contributed by atoms with Crippen molar-refractivity contribution >= 4 is 5.69 Å². The second kappa shape index (κ2) is 5.63. The summed E-state index contributed by atoms with van der Waals surface area (Å²) in [6.45, 7) is 1.04. The summed E-state index contributed by atoms with van der Waals surface area (Å²) in [5.74, 6) is -0.205. The highest BCUT2D eigenvalue weighted by Gasteiger charge is 2.30. The smallest absolute Gasteiger partial charge is 0.129 e. The van der Waals surface area contributed by atoms with Crippen molar-refractivity contribution < 1.29 is 4.39 Å². The molecule has 0 aromatic heterocycles. The number of hydrogen-bond donors (Lipinski definition) is 1. The molecule has 0 radical (unpaired) electrons. The molecule has 1 aliphatic rings. The van der Waals surface area contributed by atoms with E-state index in [2.05, 4.69) is 17.0 Å². The lowest BCUT2D eigenvalue weighted by Gasteiger charge is -2.27. The van der Waals surface area contributed by atoms with Crippen molar-refractivity contribution in [1.29, 1.82) is 0 Å². The summed E-state index contributed by atoms with van der Waals surface area (Å²) in [7, 11) is 0. The molecular formula is C17H19FN2. The van der Waals surface area contributed by atoms with E-state index in [4.69, 9.17) is 5.73 Å². The Bertz CT molecular complexity index is 579. The Balaban J connectivity index is 1.93. The van der Waals surface area contributed by atoms with Crippen molar-refractivity contribution in [2.45, 2.75) is 32.0 Å². The van der Waals surface area contributed by atoms with Gasteiger partial charge in [-0.2, -0.15) is 0 Å². The third-order valence-corrected chi connectivity index (χ3v) is 3.79. The van der Waals surface area contributed by atoms with E-state index in [1.807, 2.05) is 24.3 Å². The van der Waals surface area contributed by atoms with Crippen LogP contribution >= 0.6 is 0 Å². The van der Waals surface area contributed by atoms with Crippen LogP contribution in [0.25, 0.3) is 0 Å². The number of hydrogen-bond acceptors (Lipinski definition) is 2. The van der Waals surface area contributed by atoms with Crippen LogP contribution in [0, 0.1) is 5.82 Å². The lowest BCUT2D eigenvalue weighted by atomic mass is 10.1. The summed E-state index contributed by atoms with van der Waals surface area (Å²) in [6, 6.07) is 16.1. The highest BCUT2D eigenvalue weighted by atomic mass is 19.1. The van der Waals surface area contributed by atoms with E-state index in [9.17, 15) is 4.39 Å². The first-order valence-electron chi connectivity index (χ1n) is 7.07. The molecule has 0 heterocycles. The molecule has 2 aromatic carbocycles. The first-order valence-corrected chi connectivity index (χ1v) is 7.07. The SMILES string of the molecule is NCc1c(F)cccc1N(Cc1ccccc1)C1CC1. The van der Waals surface area contributed by atoms with E-state index in [-0.39, 0.29) is 12.4 Å². The molecule has 20 heavy (non-hydrogen) atoms. The summed E-state index contributed by atoms with van der Waals surface area (Å²) in [5.41, 5.74) is 8.54. The van der Waals surface area contributed by atoms with Gasteiger partial charge in [-0.25, -0.2) is 4.39 Å². The van der Waals surface area contributed by atoms with Crippen molar-refractivity contribution in [1.82, 2.24) is 0 Å². The maximum absolute atomic E-state index is 13.9. The van der Waals surface area contributed by atoms with Gasteiger partial charge in [0.15, 0.2) is 0 Å². The lowest BCUT2D eigenvalue weighted by molar-refractivity contribution is 0.608. The predicted molar refractivity (Wildman–Crippen MR) is 79.9 cm³/mol. The minimum atomic E-state index is -0.205. The van der Waals surface area contributed by atoms with Gasteiger partial charge in [0, 0.05) is 30.4 Å². The average Bonchev–Trinajstić information content (AvgIpc) is 3.30. The van der Waals surface area contributed by atoms with Crippen LogP contribution in [0.2, 0.25) is 0 Å². The van der Waals surface area contributed by atoms with Crippen LogP contribution in [-0.4, -0.2) is 6.04 Å². The first-order chi connectivity index (χ1) is 9.79. The molecule has 2 nitrogen and oxygen atoms in total. The summed E-state index contributed by atoms with van der Waals surface area (Å²) >= 11 is 0. The van der Waals surface area contributed by atoms with Gasteiger partial charge in [0.25, 0.3) is 0 Å². The van der Waals surface area contributed by atoms with Crippen molar-refractivity contribution in [2.24, 2.45) is 5.73 Å². The third-order valence-electron chi connectivity index (χ3n) is 3.79. The molecule has 0 bridgehead atoms. The fraction of sp³-hybridized carbons (Fsp3) is 0.294. The lowest BCUT2D eigenvalue weighted by Crippen LogP contribution is -2.27. The van der Waals surface area contributed by atoms with Crippen LogP contribution in [0.5, 0.6) is 0 Å². The minimum absolute atomic E-state index is 0.205. The molecule has 3 rings (SSSR count). The zero-order valence-corrected chi connectivity index (χ0v) is 11.4.